The van der Waals surface area contributed by atoms with Crippen LogP contribution in [0.1, 0.15) is 25.7 Å². The number of aliphatic hydroxyl groups is 1. The molecule has 2 nitrogen and oxygen atoms in total. The van der Waals surface area contributed by atoms with Gasteiger partial charge in [-0.15, -0.1) is 0 Å². The van der Waals surface area contributed by atoms with E-state index in [4.69, 9.17) is 5.11 Å². The Morgan fingerprint density at radius 3 is 2.82 bits per heavy atom. The fourth-order valence-corrected chi connectivity index (χ4v) is 2.08. The predicted octanol–water partition coefficient (Wildman–Crippen LogP) is 2.00. The molecule has 1 saturated carbocycles. The minimum atomic E-state index is 0.304. The molecule has 11 heavy (non-hydrogen) atoms. The fraction of sp³-hybridized carbons (Fsp3) is 0.875. The zero-order chi connectivity index (χ0) is 8.10. The Morgan fingerprint density at radius 2 is 2.18 bits per heavy atom. The molecule has 3 heteroatoms. The van der Waals surface area contributed by atoms with Crippen LogP contribution in [0.15, 0.2) is 4.99 Å². The molecule has 1 N–H and O–H groups in total. The van der Waals surface area contributed by atoms with Crippen LogP contribution in [0.25, 0.3) is 0 Å². The Balaban J connectivity index is 2.44. The molecule has 0 spiro atoms. The highest BCUT2D eigenvalue weighted by atomic mass is 127. The third-order valence-electron chi connectivity index (χ3n) is 2.35. The fourth-order valence-electron chi connectivity index (χ4n) is 1.67. The Kier molecular flexibility index (Phi) is 4.37. The zero-order valence-corrected chi connectivity index (χ0v) is 8.70. The van der Waals surface area contributed by atoms with Crippen LogP contribution in [0.2, 0.25) is 0 Å². The first-order valence-electron chi connectivity index (χ1n) is 4.11. The predicted molar refractivity (Wildman–Crippen MR) is 55.3 cm³/mol. The van der Waals surface area contributed by atoms with Gasteiger partial charge in [0.05, 0.1) is 10.3 Å². The Labute approximate surface area is 81.2 Å². The average Bonchev–Trinajstić information content (AvgIpc) is 2.06. The lowest BCUT2D eigenvalue weighted by Crippen LogP contribution is -2.25. The van der Waals surface area contributed by atoms with E-state index in [-0.39, 0.29) is 0 Å². The van der Waals surface area contributed by atoms with Gasteiger partial charge in [0.1, 0.15) is 0 Å². The minimum absolute atomic E-state index is 0.304. The van der Waals surface area contributed by atoms with E-state index in [1.807, 2.05) is 4.22 Å². The third-order valence-corrected chi connectivity index (χ3v) is 2.67. The molecule has 1 aliphatic rings. The van der Waals surface area contributed by atoms with Crippen LogP contribution in [-0.2, 0) is 0 Å². The van der Waals surface area contributed by atoms with Gasteiger partial charge < -0.3 is 5.11 Å². The molecule has 0 aromatic heterocycles. The van der Waals surface area contributed by atoms with Crippen LogP contribution in [0, 0.1) is 5.92 Å². The summed E-state index contributed by atoms with van der Waals surface area (Å²) < 4.78 is 1.83. The zero-order valence-electron chi connectivity index (χ0n) is 6.54. The van der Waals surface area contributed by atoms with Crippen LogP contribution in [0.3, 0.4) is 0 Å². The topological polar surface area (TPSA) is 32.6 Å². The van der Waals surface area contributed by atoms with E-state index in [0.717, 1.165) is 12.8 Å². The van der Waals surface area contributed by atoms with Gasteiger partial charge in [0.25, 0.3) is 0 Å². The van der Waals surface area contributed by atoms with Crippen LogP contribution >= 0.6 is 22.6 Å². The van der Waals surface area contributed by atoms with E-state index in [1.54, 1.807) is 0 Å². The number of rotatable bonds is 2. The second-order valence-electron chi connectivity index (χ2n) is 3.04. The Bertz CT molecular complexity index is 138. The van der Waals surface area contributed by atoms with Crippen LogP contribution in [0.5, 0.6) is 0 Å². The lowest BCUT2D eigenvalue weighted by atomic mass is 9.85. The monoisotopic (exact) mass is 267 g/mol. The van der Waals surface area contributed by atoms with Gasteiger partial charge in [0.2, 0.25) is 0 Å². The molecule has 0 amide bonds. The first kappa shape index (κ1) is 9.45. The van der Waals surface area contributed by atoms with Crippen molar-refractivity contribution >= 4 is 26.8 Å². The van der Waals surface area contributed by atoms with Gasteiger partial charge in [-0.1, -0.05) is 12.8 Å². The summed E-state index contributed by atoms with van der Waals surface area (Å²) in [5.41, 5.74) is 0. The quantitative estimate of drug-likeness (QED) is 0.602. The van der Waals surface area contributed by atoms with Gasteiger partial charge in [0.15, 0.2) is 0 Å². The van der Waals surface area contributed by atoms with Crippen molar-refractivity contribution in [3.8, 4) is 0 Å². The lowest BCUT2D eigenvalue weighted by molar-refractivity contribution is 0.172. The molecule has 0 saturated heterocycles. The summed E-state index contributed by atoms with van der Waals surface area (Å²) in [5.74, 6) is 0.426. The molecule has 1 rings (SSSR count). The number of aliphatic imine (C=N–C) groups is 1. The van der Waals surface area contributed by atoms with E-state index in [9.17, 15) is 0 Å². The first-order valence-corrected chi connectivity index (χ1v) is 5.35. The molecule has 0 heterocycles. The van der Waals surface area contributed by atoms with Gasteiger partial charge in [-0.3, -0.25) is 4.99 Å². The van der Waals surface area contributed by atoms with Gasteiger partial charge in [-0.25, -0.2) is 0 Å². The minimum Gasteiger partial charge on any atom is -0.396 e. The van der Waals surface area contributed by atoms with Crippen LogP contribution in [-0.4, -0.2) is 22.0 Å². The van der Waals surface area contributed by atoms with E-state index < -0.39 is 0 Å². The highest BCUT2D eigenvalue weighted by molar-refractivity contribution is 14.1. The second kappa shape index (κ2) is 5.09. The number of hydrogen-bond acceptors (Lipinski definition) is 2. The number of hydrogen-bond donors (Lipinski definition) is 1. The maximum absolute atomic E-state index is 9.01. The summed E-state index contributed by atoms with van der Waals surface area (Å²) in [4.78, 5) is 4.34. The summed E-state index contributed by atoms with van der Waals surface area (Å²) in [5, 5.41) is 9.01. The largest absolute Gasteiger partial charge is 0.396 e. The molecule has 1 fully saturated rings. The molecule has 0 aromatic rings. The number of halogens is 1. The number of aliphatic hydroxyl groups excluding tert-OH is 1. The molecule has 0 aromatic carbocycles. The van der Waals surface area contributed by atoms with Gasteiger partial charge in [0, 0.05) is 12.5 Å². The SMILES string of the molecule is OC[C@@H]1CCCC[C@@H]1N=CI. The molecule has 1 aliphatic carbocycles. The van der Waals surface area contributed by atoms with Crippen molar-refractivity contribution in [2.75, 3.05) is 6.61 Å². The molecular weight excluding hydrogens is 253 g/mol. The normalized spacial score (nSPS) is 32.9. The van der Waals surface area contributed by atoms with Crippen molar-refractivity contribution in [2.45, 2.75) is 31.7 Å². The molecular formula is C8H14INO. The van der Waals surface area contributed by atoms with Gasteiger partial charge >= 0.3 is 0 Å². The lowest BCUT2D eigenvalue weighted by Gasteiger charge is -2.26. The van der Waals surface area contributed by atoms with E-state index in [1.165, 1.54) is 12.8 Å². The molecule has 2 atom stereocenters. The smallest absolute Gasteiger partial charge is 0.0599 e. The van der Waals surface area contributed by atoms with E-state index in [2.05, 4.69) is 27.6 Å². The summed E-state index contributed by atoms with van der Waals surface area (Å²) in [6.45, 7) is 0.304. The van der Waals surface area contributed by atoms with E-state index >= 15 is 0 Å². The molecule has 64 valence electrons. The first-order chi connectivity index (χ1) is 5.38. The highest BCUT2D eigenvalue weighted by Crippen LogP contribution is 2.26. The molecule has 0 radical (unpaired) electrons. The summed E-state index contributed by atoms with van der Waals surface area (Å²) in [6, 6.07) is 0.394. The molecule has 0 bridgehead atoms. The maximum Gasteiger partial charge on any atom is 0.0599 e. The third kappa shape index (κ3) is 2.71. The van der Waals surface area contributed by atoms with Crippen molar-refractivity contribution in [3.63, 3.8) is 0 Å². The Morgan fingerprint density at radius 1 is 1.45 bits per heavy atom. The molecule has 0 aliphatic heterocycles. The van der Waals surface area contributed by atoms with Crippen molar-refractivity contribution in [1.82, 2.24) is 0 Å². The summed E-state index contributed by atoms with van der Waals surface area (Å²) in [7, 11) is 0. The Hall–Kier alpha value is 0.360. The van der Waals surface area contributed by atoms with Gasteiger partial charge in [-0.2, -0.15) is 0 Å². The van der Waals surface area contributed by atoms with Crippen molar-refractivity contribution in [2.24, 2.45) is 10.9 Å². The molecule has 0 unspecified atom stereocenters. The van der Waals surface area contributed by atoms with Crippen LogP contribution < -0.4 is 0 Å². The standard InChI is InChI=1S/C8H14INO/c9-6-10-8-4-2-1-3-7(8)5-11/h6-8,11H,1-5H2/t7-,8-/m0/s1. The maximum atomic E-state index is 9.01. The van der Waals surface area contributed by atoms with Crippen molar-refractivity contribution < 1.29 is 5.11 Å². The second-order valence-corrected chi connectivity index (χ2v) is 3.60. The van der Waals surface area contributed by atoms with E-state index in [0.29, 0.717) is 18.6 Å². The highest BCUT2D eigenvalue weighted by Gasteiger charge is 2.22. The number of nitrogens with zero attached hydrogens (tertiary/aromatic N) is 1. The van der Waals surface area contributed by atoms with Gasteiger partial charge in [-0.05, 0) is 35.4 Å². The van der Waals surface area contributed by atoms with Crippen molar-refractivity contribution in [3.05, 3.63) is 0 Å². The summed E-state index contributed by atoms with van der Waals surface area (Å²) in [6.07, 6.45) is 4.84. The average molecular weight is 267 g/mol. The summed E-state index contributed by atoms with van der Waals surface area (Å²) >= 11 is 2.14. The van der Waals surface area contributed by atoms with Crippen LogP contribution in [0.4, 0.5) is 0 Å². The van der Waals surface area contributed by atoms with Crippen molar-refractivity contribution in [1.29, 1.82) is 0 Å².